The van der Waals surface area contributed by atoms with Gasteiger partial charge in [-0.05, 0) is 0 Å². The number of amides is 2. The monoisotopic (exact) mass is 634 g/mol. The molecule has 2 rings (SSSR count). The normalized spacial score (nSPS) is 15.3. The molecule has 0 saturated carbocycles. The molecular formula is C26H47GaN2O2Si2Zr. The second kappa shape index (κ2) is 15.9. The van der Waals surface area contributed by atoms with Crippen molar-refractivity contribution in [1.82, 2.24) is 8.05 Å². The van der Waals surface area contributed by atoms with E-state index in [0.29, 0.717) is 0 Å². The molecule has 2 aliphatic rings. The van der Waals surface area contributed by atoms with Crippen molar-refractivity contribution in [3.05, 3.63) is 42.0 Å². The Morgan fingerprint density at radius 2 is 1.18 bits per heavy atom. The van der Waals surface area contributed by atoms with Crippen molar-refractivity contribution in [3.8, 4) is 0 Å². The molecule has 0 spiro atoms. The third-order valence-corrected chi connectivity index (χ3v) is 16.5. The molecule has 0 saturated heterocycles. The van der Waals surface area contributed by atoms with Crippen LogP contribution in [0.15, 0.2) is 42.0 Å². The number of nitrogens with one attached hydrogen (secondary N) is 2. The number of carbonyl (C=O) groups excluding carboxylic acids is 2. The average molecular weight is 637 g/mol. The van der Waals surface area contributed by atoms with E-state index in [2.05, 4.69) is 46.2 Å². The third kappa shape index (κ3) is 12.2. The van der Waals surface area contributed by atoms with Gasteiger partial charge < -0.3 is 0 Å². The molecule has 0 bridgehead atoms. The van der Waals surface area contributed by atoms with Gasteiger partial charge in [-0.3, -0.25) is 0 Å². The van der Waals surface area contributed by atoms with Gasteiger partial charge in [0.15, 0.2) is 0 Å². The summed E-state index contributed by atoms with van der Waals surface area (Å²) in [6.07, 6.45) is 20.2. The fourth-order valence-electron chi connectivity index (χ4n) is 3.48. The first-order chi connectivity index (χ1) is 15.9. The third-order valence-electron chi connectivity index (χ3n) is 5.82. The van der Waals surface area contributed by atoms with Crippen LogP contribution in [0, 0.1) is 0 Å². The van der Waals surface area contributed by atoms with E-state index in [0.717, 1.165) is 0 Å². The molecular weight excluding hydrogens is 589 g/mol. The van der Waals surface area contributed by atoms with Crippen molar-refractivity contribution >= 4 is 45.1 Å². The molecule has 0 heterocycles. The zero-order chi connectivity index (χ0) is 25.8. The number of unbranched alkanes of at least 4 members (excludes halogenated alkanes) is 2. The first kappa shape index (κ1) is 31.9. The van der Waals surface area contributed by atoms with Crippen LogP contribution in [0.4, 0.5) is 9.59 Å². The number of allylic oxidation sites excluding steroid dienone is 8. The van der Waals surface area contributed by atoms with Gasteiger partial charge in [0, 0.05) is 0 Å². The second-order valence-corrected chi connectivity index (χ2v) is 27.0. The van der Waals surface area contributed by atoms with Crippen LogP contribution in [-0.4, -0.2) is 45.1 Å². The van der Waals surface area contributed by atoms with Gasteiger partial charge in [0.2, 0.25) is 0 Å². The number of rotatable bonds is 12. The Bertz CT molecular complexity index is 756. The molecule has 34 heavy (non-hydrogen) atoms. The molecule has 0 atom stereocenters. The Balaban J connectivity index is 0.000000352. The molecule has 2 aliphatic carbocycles. The molecule has 0 aromatic rings. The summed E-state index contributed by atoms with van der Waals surface area (Å²) >= 11 is -1.87. The van der Waals surface area contributed by atoms with Crippen molar-refractivity contribution in [3.63, 3.8) is 0 Å². The fraction of sp³-hybridized carbons (Fsp3) is 0.615. The summed E-state index contributed by atoms with van der Waals surface area (Å²) in [5, 5.41) is 0. The van der Waals surface area contributed by atoms with E-state index < -0.39 is 57.3 Å². The van der Waals surface area contributed by atoms with Crippen LogP contribution in [0.3, 0.4) is 0 Å². The van der Waals surface area contributed by atoms with Crippen molar-refractivity contribution in [2.24, 2.45) is 0 Å². The number of carbonyl (C=O) groups is 2. The van der Waals surface area contributed by atoms with Crippen LogP contribution in [0.2, 0.25) is 39.3 Å². The first-order valence-corrected chi connectivity index (χ1v) is 25.4. The fourth-order valence-corrected chi connectivity index (χ4v) is 16.8. The molecule has 0 aromatic carbocycles. The molecule has 4 nitrogen and oxygen atoms in total. The van der Waals surface area contributed by atoms with Gasteiger partial charge in [0.1, 0.15) is 0 Å². The molecule has 0 aliphatic heterocycles. The second-order valence-electron chi connectivity index (χ2n) is 11.2. The van der Waals surface area contributed by atoms with Gasteiger partial charge in [-0.15, -0.1) is 0 Å². The van der Waals surface area contributed by atoms with E-state index in [9.17, 15) is 9.59 Å². The molecule has 0 unspecified atom stereocenters. The standard InChI is InChI=1S/2C9H13.2C4H11NOSi.Ga.Zr.H/c2*1-2-3-6-9-7-4-5-8-9;2*1-7(2,3)4(5)6;;;/h2*4,7H,2-3,5-6H2,1H3;2*1-3H3,(H2,5,6);;;/q;;;;+2;;/p-2. The van der Waals surface area contributed by atoms with E-state index in [1.54, 1.807) is 11.1 Å². The Morgan fingerprint density at radius 1 is 0.794 bits per heavy atom. The van der Waals surface area contributed by atoms with Crippen LogP contribution in [0.25, 0.3) is 0 Å². The summed E-state index contributed by atoms with van der Waals surface area (Å²) in [4.78, 5) is 23.1. The summed E-state index contributed by atoms with van der Waals surface area (Å²) in [5.74, 6) is 0. The van der Waals surface area contributed by atoms with E-state index in [-0.39, 0.29) is 11.1 Å². The van der Waals surface area contributed by atoms with E-state index in [4.69, 9.17) is 0 Å². The SMILES string of the molecule is CCCCC1=[C]([Zr][C]2=C(CCCC)C=CC2)CC=C1.C[Si](C)(C)C(=O)[NH][GaH][NH]C(=O)[Si](C)(C)C. The Kier molecular flexibility index (Phi) is 14.9. The maximum absolute atomic E-state index is 11.6. The predicted octanol–water partition coefficient (Wildman–Crippen LogP) is 7.39. The zero-order valence-electron chi connectivity index (χ0n) is 23.0. The van der Waals surface area contributed by atoms with Gasteiger partial charge in [-0.25, -0.2) is 0 Å². The summed E-state index contributed by atoms with van der Waals surface area (Å²) in [6.45, 7) is 16.6. The van der Waals surface area contributed by atoms with E-state index >= 15 is 0 Å². The average Bonchev–Trinajstić information content (AvgIpc) is 3.39. The van der Waals surface area contributed by atoms with Crippen LogP contribution >= 0.6 is 0 Å². The zero-order valence-corrected chi connectivity index (χ0v) is 30.4. The van der Waals surface area contributed by atoms with E-state index in [1.165, 1.54) is 51.4 Å². The topological polar surface area (TPSA) is 58.2 Å². The maximum atomic E-state index is 11.6. The predicted molar refractivity (Wildman–Crippen MR) is 152 cm³/mol. The summed E-state index contributed by atoms with van der Waals surface area (Å²) < 4.78 is 9.58. The summed E-state index contributed by atoms with van der Waals surface area (Å²) in [5.41, 5.74) is 3.75. The summed E-state index contributed by atoms with van der Waals surface area (Å²) in [6, 6.07) is 0. The van der Waals surface area contributed by atoms with E-state index in [1.807, 2.05) is 45.8 Å². The molecule has 188 valence electrons. The molecule has 2 amide bonds. The molecule has 0 aromatic heterocycles. The Labute approximate surface area is 230 Å². The van der Waals surface area contributed by atoms with Crippen molar-refractivity contribution in [2.45, 2.75) is 104 Å². The van der Waals surface area contributed by atoms with Crippen molar-refractivity contribution in [1.29, 1.82) is 0 Å². The minimum absolute atomic E-state index is 0.165. The molecule has 2 N–H and O–H groups in total. The Hall–Kier alpha value is -0.147. The quantitative estimate of drug-likeness (QED) is 0.220. The molecule has 0 radical (unpaired) electrons. The van der Waals surface area contributed by atoms with Gasteiger partial charge in [0.05, 0.1) is 0 Å². The van der Waals surface area contributed by atoms with Gasteiger partial charge in [-0.1, -0.05) is 0 Å². The Morgan fingerprint density at radius 3 is 1.50 bits per heavy atom. The minimum atomic E-state index is -1.72. The summed E-state index contributed by atoms with van der Waals surface area (Å²) in [7, 11) is -3.44. The van der Waals surface area contributed by atoms with Crippen LogP contribution in [-0.2, 0) is 23.2 Å². The molecule has 0 fully saturated rings. The molecule has 8 heteroatoms. The number of hydrogen-bond acceptors (Lipinski definition) is 2. The van der Waals surface area contributed by atoms with Crippen LogP contribution in [0.5, 0.6) is 0 Å². The number of hydrogen-bond donors (Lipinski definition) is 2. The van der Waals surface area contributed by atoms with Gasteiger partial charge >= 0.3 is 232 Å². The first-order valence-electron chi connectivity index (χ1n) is 13.0. The van der Waals surface area contributed by atoms with Crippen molar-refractivity contribution in [2.75, 3.05) is 0 Å². The van der Waals surface area contributed by atoms with Gasteiger partial charge in [0.25, 0.3) is 0 Å². The van der Waals surface area contributed by atoms with Crippen molar-refractivity contribution < 1.29 is 32.8 Å². The van der Waals surface area contributed by atoms with Crippen LogP contribution < -0.4 is 8.05 Å². The van der Waals surface area contributed by atoms with Crippen LogP contribution in [0.1, 0.15) is 65.2 Å². The van der Waals surface area contributed by atoms with Gasteiger partial charge in [-0.2, -0.15) is 0 Å².